The number of hydrogen-bond acceptors (Lipinski definition) is 3. The summed E-state index contributed by atoms with van der Waals surface area (Å²) >= 11 is 0. The number of ether oxygens (including phenoxy) is 1. The average molecular weight is 275 g/mol. The molecule has 0 radical (unpaired) electrons. The van der Waals surface area contributed by atoms with E-state index in [4.69, 9.17) is 4.74 Å². The number of hydrogen-bond donors (Lipinski definition) is 1. The van der Waals surface area contributed by atoms with Crippen LogP contribution >= 0.6 is 0 Å². The number of benzene rings is 1. The Hall–Kier alpha value is -1.88. The first-order valence-electron chi connectivity index (χ1n) is 6.83. The van der Waals surface area contributed by atoms with Crippen LogP contribution in [0.15, 0.2) is 30.6 Å². The molecule has 1 aliphatic rings. The molecule has 1 aliphatic carbocycles. The molecule has 0 bridgehead atoms. The van der Waals surface area contributed by atoms with E-state index in [1.807, 2.05) is 13.2 Å². The van der Waals surface area contributed by atoms with Crippen molar-refractivity contribution in [1.82, 2.24) is 15.1 Å². The van der Waals surface area contributed by atoms with Crippen LogP contribution in [-0.2, 0) is 20.2 Å². The van der Waals surface area contributed by atoms with Crippen LogP contribution in [0.2, 0.25) is 0 Å². The van der Waals surface area contributed by atoms with Crippen LogP contribution in [-0.4, -0.2) is 15.8 Å². The smallest absolute Gasteiger partial charge is 0.124 e. The van der Waals surface area contributed by atoms with Crippen LogP contribution in [0.1, 0.15) is 24.0 Å². The van der Waals surface area contributed by atoms with Gasteiger partial charge in [0.25, 0.3) is 0 Å². The van der Waals surface area contributed by atoms with E-state index in [1.165, 1.54) is 25.0 Å². The van der Waals surface area contributed by atoms with Crippen molar-refractivity contribution in [3.05, 3.63) is 47.5 Å². The first-order chi connectivity index (χ1) is 9.70. The molecule has 0 aliphatic heterocycles. The summed E-state index contributed by atoms with van der Waals surface area (Å²) in [4.78, 5) is 0. The van der Waals surface area contributed by atoms with Crippen LogP contribution in [0.4, 0.5) is 4.39 Å². The quantitative estimate of drug-likeness (QED) is 0.880. The van der Waals surface area contributed by atoms with Gasteiger partial charge < -0.3 is 10.1 Å². The van der Waals surface area contributed by atoms with E-state index in [1.54, 1.807) is 16.9 Å². The third-order valence-corrected chi connectivity index (χ3v) is 3.33. The van der Waals surface area contributed by atoms with E-state index in [0.717, 1.165) is 16.9 Å². The fraction of sp³-hybridized carbons (Fsp3) is 0.400. The van der Waals surface area contributed by atoms with Gasteiger partial charge in [0.05, 0.1) is 6.20 Å². The van der Waals surface area contributed by atoms with Gasteiger partial charge in [0.2, 0.25) is 0 Å². The number of halogens is 1. The summed E-state index contributed by atoms with van der Waals surface area (Å²) in [6.07, 6.45) is 6.10. The van der Waals surface area contributed by atoms with Crippen molar-refractivity contribution >= 4 is 0 Å². The second-order valence-electron chi connectivity index (χ2n) is 5.22. The minimum Gasteiger partial charge on any atom is -0.488 e. The lowest BCUT2D eigenvalue weighted by Gasteiger charge is -2.11. The van der Waals surface area contributed by atoms with Gasteiger partial charge in [-0.2, -0.15) is 5.10 Å². The van der Waals surface area contributed by atoms with Gasteiger partial charge in [0.15, 0.2) is 0 Å². The number of rotatable bonds is 6. The van der Waals surface area contributed by atoms with Gasteiger partial charge in [-0.25, -0.2) is 4.39 Å². The highest BCUT2D eigenvalue weighted by atomic mass is 19.1. The standard InChI is InChI=1S/C15H18FN3O/c1-19-9-11(7-18-19)10-20-15-5-2-13(16)6-12(15)8-17-14-3-4-14/h2,5-7,9,14,17H,3-4,8,10H2,1H3. The molecule has 4 nitrogen and oxygen atoms in total. The summed E-state index contributed by atoms with van der Waals surface area (Å²) < 4.78 is 20.9. The molecule has 1 heterocycles. The molecule has 1 aromatic carbocycles. The minimum atomic E-state index is -0.230. The largest absolute Gasteiger partial charge is 0.488 e. The summed E-state index contributed by atoms with van der Waals surface area (Å²) in [6, 6.07) is 5.24. The first-order valence-corrected chi connectivity index (χ1v) is 6.83. The Kier molecular flexibility index (Phi) is 3.69. The zero-order chi connectivity index (χ0) is 13.9. The lowest BCUT2D eigenvalue weighted by Crippen LogP contribution is -2.16. The van der Waals surface area contributed by atoms with Crippen LogP contribution in [0.5, 0.6) is 5.75 Å². The van der Waals surface area contributed by atoms with Crippen molar-refractivity contribution < 1.29 is 9.13 Å². The molecule has 2 aromatic rings. The van der Waals surface area contributed by atoms with Crippen molar-refractivity contribution in [3.8, 4) is 5.75 Å². The van der Waals surface area contributed by atoms with Gasteiger partial charge in [-0.05, 0) is 31.0 Å². The molecule has 106 valence electrons. The van der Waals surface area contributed by atoms with E-state index in [9.17, 15) is 4.39 Å². The predicted octanol–water partition coefficient (Wildman–Crippen LogP) is 2.39. The molecular weight excluding hydrogens is 257 g/mol. The highest BCUT2D eigenvalue weighted by Crippen LogP contribution is 2.24. The lowest BCUT2D eigenvalue weighted by atomic mass is 10.2. The summed E-state index contributed by atoms with van der Waals surface area (Å²) in [5.74, 6) is 0.495. The third kappa shape index (κ3) is 3.36. The Morgan fingerprint density at radius 2 is 2.30 bits per heavy atom. The van der Waals surface area contributed by atoms with Gasteiger partial charge in [-0.3, -0.25) is 4.68 Å². The maximum absolute atomic E-state index is 13.4. The van der Waals surface area contributed by atoms with E-state index in [-0.39, 0.29) is 5.82 Å². The number of nitrogens with one attached hydrogen (secondary N) is 1. The van der Waals surface area contributed by atoms with Gasteiger partial charge in [-0.15, -0.1) is 0 Å². The van der Waals surface area contributed by atoms with Crippen LogP contribution in [0.25, 0.3) is 0 Å². The maximum atomic E-state index is 13.4. The second kappa shape index (κ2) is 5.63. The molecule has 3 rings (SSSR count). The fourth-order valence-corrected chi connectivity index (χ4v) is 2.08. The van der Waals surface area contributed by atoms with Crippen LogP contribution in [0, 0.1) is 5.82 Å². The second-order valence-corrected chi connectivity index (χ2v) is 5.22. The highest BCUT2D eigenvalue weighted by Gasteiger charge is 2.20. The Balaban J connectivity index is 1.66. The molecule has 20 heavy (non-hydrogen) atoms. The zero-order valence-corrected chi connectivity index (χ0v) is 11.5. The van der Waals surface area contributed by atoms with Crippen LogP contribution in [0.3, 0.4) is 0 Å². The van der Waals surface area contributed by atoms with Crippen molar-refractivity contribution in [2.45, 2.75) is 32.0 Å². The van der Waals surface area contributed by atoms with E-state index in [2.05, 4.69) is 10.4 Å². The Morgan fingerprint density at radius 3 is 3.00 bits per heavy atom. The molecular formula is C15H18FN3O. The molecule has 5 heteroatoms. The van der Waals surface area contributed by atoms with Crippen molar-refractivity contribution in [3.63, 3.8) is 0 Å². The molecule has 1 N–H and O–H groups in total. The highest BCUT2D eigenvalue weighted by molar-refractivity contribution is 5.34. The van der Waals surface area contributed by atoms with Crippen molar-refractivity contribution in [1.29, 1.82) is 0 Å². The van der Waals surface area contributed by atoms with E-state index < -0.39 is 0 Å². The summed E-state index contributed by atoms with van der Waals surface area (Å²) in [6.45, 7) is 1.08. The van der Waals surface area contributed by atoms with Crippen LogP contribution < -0.4 is 10.1 Å². The molecule has 0 unspecified atom stereocenters. The van der Waals surface area contributed by atoms with Gasteiger partial charge in [0.1, 0.15) is 18.2 Å². The van der Waals surface area contributed by atoms with Gasteiger partial charge in [-0.1, -0.05) is 0 Å². The monoisotopic (exact) mass is 275 g/mol. The number of nitrogens with zero attached hydrogens (tertiary/aromatic N) is 2. The molecule has 0 atom stereocenters. The Labute approximate surface area is 117 Å². The van der Waals surface area contributed by atoms with Gasteiger partial charge >= 0.3 is 0 Å². The average Bonchev–Trinajstić information content (AvgIpc) is 3.17. The van der Waals surface area contributed by atoms with Gasteiger partial charge in [0, 0.05) is 37.0 Å². The SMILES string of the molecule is Cn1cc(COc2ccc(F)cc2CNC2CC2)cn1. The Morgan fingerprint density at radius 1 is 1.45 bits per heavy atom. The summed E-state index contributed by atoms with van der Waals surface area (Å²) in [7, 11) is 1.87. The van der Waals surface area contributed by atoms with Crippen molar-refractivity contribution in [2.24, 2.45) is 7.05 Å². The van der Waals surface area contributed by atoms with E-state index in [0.29, 0.717) is 19.2 Å². The first kappa shape index (κ1) is 13.1. The predicted molar refractivity (Wildman–Crippen MR) is 73.8 cm³/mol. The maximum Gasteiger partial charge on any atom is 0.124 e. The summed E-state index contributed by atoms with van der Waals surface area (Å²) in [5, 5.41) is 7.48. The molecule has 1 aromatic heterocycles. The van der Waals surface area contributed by atoms with Crippen molar-refractivity contribution in [2.75, 3.05) is 0 Å². The fourth-order valence-electron chi connectivity index (χ4n) is 2.08. The third-order valence-electron chi connectivity index (χ3n) is 3.33. The molecule has 1 fully saturated rings. The lowest BCUT2D eigenvalue weighted by molar-refractivity contribution is 0.301. The van der Waals surface area contributed by atoms with E-state index >= 15 is 0 Å². The number of aromatic nitrogens is 2. The molecule has 1 saturated carbocycles. The molecule has 0 amide bonds. The Bertz CT molecular complexity index is 593. The normalized spacial score (nSPS) is 14.5. The zero-order valence-electron chi connectivity index (χ0n) is 11.5. The topological polar surface area (TPSA) is 39.1 Å². The summed E-state index contributed by atoms with van der Waals surface area (Å²) in [5.41, 5.74) is 1.86. The number of aryl methyl sites for hydroxylation is 1. The molecule has 0 spiro atoms. The minimum absolute atomic E-state index is 0.230. The molecule has 0 saturated heterocycles.